The molecule has 4 heteroatoms. The Bertz CT molecular complexity index is 351. The van der Waals surface area contributed by atoms with E-state index in [-0.39, 0.29) is 5.69 Å². The number of benzene rings is 1. The van der Waals surface area contributed by atoms with Gasteiger partial charge in [-0.2, -0.15) is 5.32 Å². The molecule has 0 bridgehead atoms. The van der Waals surface area contributed by atoms with Gasteiger partial charge in [-0.25, -0.2) is 9.18 Å². The maximum Gasteiger partial charge on any atom is 0.348 e. The molecule has 1 heterocycles. The summed E-state index contributed by atoms with van der Waals surface area (Å²) in [6, 6.07) is 4.08. The van der Waals surface area contributed by atoms with Crippen molar-refractivity contribution < 1.29 is 9.18 Å². The predicted molar refractivity (Wildman–Crippen MR) is 42.0 cm³/mol. The van der Waals surface area contributed by atoms with Gasteiger partial charge in [0, 0.05) is 7.05 Å². The average molecular weight is 165 g/mol. The molecule has 0 spiro atoms. The summed E-state index contributed by atoms with van der Waals surface area (Å²) in [5.74, 6) is -0.454. The van der Waals surface area contributed by atoms with Gasteiger partial charge < -0.3 is 0 Å². The van der Waals surface area contributed by atoms with Crippen LogP contribution in [-0.2, 0) is 0 Å². The quantitative estimate of drug-likeness (QED) is 0.575. The summed E-state index contributed by atoms with van der Waals surface area (Å²) in [6.07, 6.45) is 0. The van der Waals surface area contributed by atoms with Crippen molar-refractivity contribution in [2.24, 2.45) is 0 Å². The molecule has 0 fully saturated rings. The zero-order valence-corrected chi connectivity index (χ0v) is 6.41. The van der Waals surface area contributed by atoms with Crippen molar-refractivity contribution in [3.05, 3.63) is 24.0 Å². The molecule has 61 valence electrons. The molecule has 1 radical (unpaired) electrons. The van der Waals surface area contributed by atoms with E-state index in [2.05, 4.69) is 5.32 Å². The largest absolute Gasteiger partial charge is 0.348 e. The highest BCUT2D eigenvalue weighted by molar-refractivity contribution is 6.03. The van der Waals surface area contributed by atoms with Crippen LogP contribution >= 0.6 is 0 Å². The first-order chi connectivity index (χ1) is 5.70. The van der Waals surface area contributed by atoms with Gasteiger partial charge in [-0.1, -0.05) is 6.07 Å². The van der Waals surface area contributed by atoms with E-state index in [4.69, 9.17) is 0 Å². The molecular weight excluding hydrogens is 159 g/mol. The Morgan fingerprint density at radius 3 is 2.92 bits per heavy atom. The molecule has 0 aromatic heterocycles. The number of para-hydroxylation sites is 1. The Labute approximate surface area is 68.8 Å². The van der Waals surface area contributed by atoms with Crippen molar-refractivity contribution >= 4 is 17.4 Å². The van der Waals surface area contributed by atoms with Crippen LogP contribution < -0.4 is 10.2 Å². The molecule has 0 atom stereocenters. The lowest BCUT2D eigenvalue weighted by Crippen LogP contribution is -2.22. The highest BCUT2D eigenvalue weighted by atomic mass is 19.1. The Morgan fingerprint density at radius 1 is 1.50 bits per heavy atom. The topological polar surface area (TPSA) is 34.4 Å². The van der Waals surface area contributed by atoms with E-state index in [1.807, 2.05) is 0 Å². The van der Waals surface area contributed by atoms with E-state index in [0.717, 1.165) is 0 Å². The van der Waals surface area contributed by atoms with Crippen LogP contribution in [0, 0.1) is 5.82 Å². The molecule has 1 aliphatic rings. The number of anilines is 1. The minimum Gasteiger partial charge on any atom is -0.293 e. The number of urea groups is 1. The van der Waals surface area contributed by atoms with Gasteiger partial charge >= 0.3 is 6.03 Å². The van der Waals surface area contributed by atoms with Crippen LogP contribution in [0.4, 0.5) is 20.6 Å². The van der Waals surface area contributed by atoms with Gasteiger partial charge in [0.05, 0.1) is 5.69 Å². The van der Waals surface area contributed by atoms with Crippen molar-refractivity contribution in [2.75, 3.05) is 11.9 Å². The van der Waals surface area contributed by atoms with Crippen LogP contribution in [0.15, 0.2) is 18.2 Å². The lowest BCUT2D eigenvalue weighted by molar-refractivity contribution is 0.252. The summed E-state index contributed by atoms with van der Waals surface area (Å²) in [6.45, 7) is 0. The number of carbonyl (C=O) groups excluding carboxylic acids is 1. The number of rotatable bonds is 0. The molecule has 12 heavy (non-hydrogen) atoms. The summed E-state index contributed by atoms with van der Waals surface area (Å²) < 4.78 is 13.0. The van der Waals surface area contributed by atoms with Crippen molar-refractivity contribution in [1.82, 2.24) is 5.32 Å². The summed E-state index contributed by atoms with van der Waals surface area (Å²) in [4.78, 5) is 12.3. The third kappa shape index (κ3) is 0.777. The van der Waals surface area contributed by atoms with Crippen LogP contribution in [0.25, 0.3) is 0 Å². The smallest absolute Gasteiger partial charge is 0.293 e. The average Bonchev–Trinajstić information content (AvgIpc) is 2.32. The summed E-state index contributed by atoms with van der Waals surface area (Å²) >= 11 is 0. The third-order valence-corrected chi connectivity index (χ3v) is 1.82. The number of amides is 2. The first-order valence-electron chi connectivity index (χ1n) is 3.48. The van der Waals surface area contributed by atoms with Crippen molar-refractivity contribution in [2.45, 2.75) is 0 Å². The molecule has 1 aliphatic heterocycles. The van der Waals surface area contributed by atoms with Crippen LogP contribution in [0.2, 0.25) is 0 Å². The van der Waals surface area contributed by atoms with Crippen LogP contribution in [0.1, 0.15) is 0 Å². The van der Waals surface area contributed by atoms with Crippen LogP contribution in [-0.4, -0.2) is 13.1 Å². The number of hydrogen-bond acceptors (Lipinski definition) is 1. The molecule has 0 unspecified atom stereocenters. The molecule has 1 aromatic carbocycles. The van der Waals surface area contributed by atoms with Gasteiger partial charge in [-0.05, 0) is 12.1 Å². The first-order valence-corrected chi connectivity index (χ1v) is 3.48. The fraction of sp³-hybridized carbons (Fsp3) is 0.125. The van der Waals surface area contributed by atoms with Crippen molar-refractivity contribution in [3.8, 4) is 0 Å². The molecular formula is C8H6FN2O. The first kappa shape index (κ1) is 7.09. The van der Waals surface area contributed by atoms with E-state index in [0.29, 0.717) is 5.69 Å². The standard InChI is InChI=1S/C8H6FN2O/c1-11-6-4-2-3-5(9)7(6)10-8(11)12/h2-4H,1H3. The number of hydrogen-bond donors (Lipinski definition) is 0. The second-order valence-corrected chi connectivity index (χ2v) is 2.56. The highest BCUT2D eigenvalue weighted by Gasteiger charge is 2.27. The zero-order chi connectivity index (χ0) is 8.72. The Balaban J connectivity index is 2.60. The lowest BCUT2D eigenvalue weighted by atomic mass is 10.2. The van der Waals surface area contributed by atoms with Crippen LogP contribution in [0.5, 0.6) is 0 Å². The van der Waals surface area contributed by atoms with E-state index >= 15 is 0 Å². The fourth-order valence-corrected chi connectivity index (χ4v) is 1.16. The Kier molecular flexibility index (Phi) is 1.30. The molecule has 3 nitrogen and oxygen atoms in total. The number of halogens is 1. The van der Waals surface area contributed by atoms with E-state index in [1.165, 1.54) is 11.0 Å². The SMILES string of the molecule is CN1C(=O)[N]c2c(F)cccc21. The van der Waals surface area contributed by atoms with Gasteiger partial charge in [-0.3, -0.25) is 4.90 Å². The lowest BCUT2D eigenvalue weighted by Gasteiger charge is -2.05. The van der Waals surface area contributed by atoms with Gasteiger partial charge in [-0.15, -0.1) is 0 Å². The molecule has 1 aromatic rings. The predicted octanol–water partition coefficient (Wildman–Crippen LogP) is 1.63. The summed E-state index contributed by atoms with van der Waals surface area (Å²) in [5, 5.41) is 3.54. The number of carbonyl (C=O) groups is 1. The molecule has 0 N–H and O–H groups in total. The van der Waals surface area contributed by atoms with Gasteiger partial charge in [0.2, 0.25) is 0 Å². The Morgan fingerprint density at radius 2 is 2.25 bits per heavy atom. The number of nitrogens with zero attached hydrogens (tertiary/aromatic N) is 2. The highest BCUT2D eigenvalue weighted by Crippen LogP contribution is 2.33. The van der Waals surface area contributed by atoms with Gasteiger partial charge in [0.1, 0.15) is 5.69 Å². The maximum absolute atomic E-state index is 13.0. The minimum atomic E-state index is -0.454. The van der Waals surface area contributed by atoms with Crippen molar-refractivity contribution in [3.63, 3.8) is 0 Å². The normalized spacial score (nSPS) is 14.5. The second-order valence-electron chi connectivity index (χ2n) is 2.56. The van der Waals surface area contributed by atoms with Crippen molar-refractivity contribution in [1.29, 1.82) is 0 Å². The van der Waals surface area contributed by atoms with Gasteiger partial charge in [0.25, 0.3) is 0 Å². The third-order valence-electron chi connectivity index (χ3n) is 1.82. The van der Waals surface area contributed by atoms with Gasteiger partial charge in [0.15, 0.2) is 5.82 Å². The van der Waals surface area contributed by atoms with E-state index < -0.39 is 11.8 Å². The Hall–Kier alpha value is -1.58. The summed E-state index contributed by atoms with van der Waals surface area (Å²) in [5.41, 5.74) is 0.671. The zero-order valence-electron chi connectivity index (χ0n) is 6.41. The van der Waals surface area contributed by atoms with Crippen LogP contribution in [0.3, 0.4) is 0 Å². The minimum absolute atomic E-state index is 0.144. The number of fused-ring (bicyclic) bond motifs is 1. The maximum atomic E-state index is 13.0. The fourth-order valence-electron chi connectivity index (χ4n) is 1.16. The molecule has 0 saturated carbocycles. The second kappa shape index (κ2) is 2.20. The molecule has 2 rings (SSSR count). The van der Waals surface area contributed by atoms with E-state index in [9.17, 15) is 9.18 Å². The van der Waals surface area contributed by atoms with E-state index in [1.54, 1.807) is 19.2 Å². The summed E-state index contributed by atoms with van der Waals surface area (Å²) in [7, 11) is 1.57. The molecule has 0 saturated heterocycles. The molecule has 2 amide bonds. The molecule has 0 aliphatic carbocycles. The monoisotopic (exact) mass is 165 g/mol.